The summed E-state index contributed by atoms with van der Waals surface area (Å²) < 4.78 is 26.1. The van der Waals surface area contributed by atoms with Crippen molar-refractivity contribution in [1.82, 2.24) is 10.2 Å². The molecule has 0 unspecified atom stereocenters. The number of carbonyl (C=O) groups is 1. The maximum Gasteiger partial charge on any atom is 0.335 e. The van der Waals surface area contributed by atoms with Crippen LogP contribution in [0.25, 0.3) is 0 Å². The lowest BCUT2D eigenvalue weighted by atomic mass is 10.1. The second-order valence-corrected chi connectivity index (χ2v) is 5.90. The fourth-order valence-electron chi connectivity index (χ4n) is 1.61. The Hall–Kier alpha value is -2.68. The maximum absolute atomic E-state index is 11.9. The molecule has 0 atom stereocenters. The summed E-state index contributed by atoms with van der Waals surface area (Å²) in [5.74, 6) is -1.57. The van der Waals surface area contributed by atoms with Gasteiger partial charge >= 0.3 is 5.97 Å². The van der Waals surface area contributed by atoms with E-state index < -0.39 is 27.3 Å². The molecule has 0 saturated heterocycles. The summed E-state index contributed by atoms with van der Waals surface area (Å²) in [4.78, 5) is 21.7. The Morgan fingerprint density at radius 2 is 2.05 bits per heavy atom. The quantitative estimate of drug-likeness (QED) is 0.733. The number of hydrogen-bond donors (Lipinski definition) is 3. The molecule has 2 aromatic rings. The van der Waals surface area contributed by atoms with Crippen molar-refractivity contribution in [3.05, 3.63) is 57.9 Å². The molecule has 0 saturated carbocycles. The van der Waals surface area contributed by atoms with E-state index in [0.717, 1.165) is 6.07 Å². The van der Waals surface area contributed by atoms with Gasteiger partial charge < -0.3 is 5.11 Å². The van der Waals surface area contributed by atoms with Crippen LogP contribution < -0.4 is 10.3 Å². The number of aromatic carboxylic acids is 1. The van der Waals surface area contributed by atoms with Gasteiger partial charge in [-0.25, -0.2) is 18.3 Å². The number of H-pyrrole nitrogens is 1. The van der Waals surface area contributed by atoms with E-state index in [1.54, 1.807) is 0 Å². The molecule has 0 aliphatic heterocycles. The highest BCUT2D eigenvalue weighted by molar-refractivity contribution is 7.91. The van der Waals surface area contributed by atoms with Gasteiger partial charge in [0.2, 0.25) is 10.0 Å². The number of benzene rings is 1. The number of hydrogen-bond acceptors (Lipinski definition) is 5. The Labute approximate surface area is 119 Å². The highest BCUT2D eigenvalue weighted by Gasteiger charge is 2.14. The molecule has 0 spiro atoms. The van der Waals surface area contributed by atoms with E-state index in [1.807, 2.05) is 0 Å². The minimum Gasteiger partial charge on any atom is -0.478 e. The van der Waals surface area contributed by atoms with Crippen molar-refractivity contribution in [1.29, 1.82) is 0 Å². The summed E-state index contributed by atoms with van der Waals surface area (Å²) in [6.45, 7) is 0. The van der Waals surface area contributed by atoms with Crippen molar-refractivity contribution >= 4 is 21.8 Å². The van der Waals surface area contributed by atoms with Gasteiger partial charge in [-0.2, -0.15) is 5.10 Å². The third-order valence-corrected chi connectivity index (χ3v) is 3.70. The van der Waals surface area contributed by atoms with Crippen LogP contribution in [0.15, 0.2) is 41.2 Å². The number of anilines is 1. The molecule has 9 heteroatoms. The Balaban J connectivity index is 2.17. The molecule has 0 amide bonds. The number of sulfonamides is 1. The van der Waals surface area contributed by atoms with Gasteiger partial charge in [-0.3, -0.25) is 9.52 Å². The molecule has 0 aliphatic rings. The number of carboxylic acids is 1. The standard InChI is InChI=1S/C12H11N3O5S/c16-11-5-4-10(13-14-11)15-21(19,20)7-8-2-1-3-9(6-8)12(17)18/h1-6H,7H2,(H,13,15)(H,14,16)(H,17,18). The number of aromatic nitrogens is 2. The van der Waals surface area contributed by atoms with Crippen molar-refractivity contribution in [3.63, 3.8) is 0 Å². The molecule has 0 radical (unpaired) electrons. The summed E-state index contributed by atoms with van der Waals surface area (Å²) in [6.07, 6.45) is 0. The molecule has 2 rings (SSSR count). The summed E-state index contributed by atoms with van der Waals surface area (Å²) in [5, 5.41) is 14.5. The lowest BCUT2D eigenvalue weighted by Gasteiger charge is -2.07. The molecule has 110 valence electrons. The van der Waals surface area contributed by atoms with Gasteiger partial charge in [0.05, 0.1) is 11.3 Å². The van der Waals surface area contributed by atoms with E-state index >= 15 is 0 Å². The second kappa shape index (κ2) is 5.75. The van der Waals surface area contributed by atoms with E-state index in [-0.39, 0.29) is 11.4 Å². The van der Waals surface area contributed by atoms with Gasteiger partial charge in [0, 0.05) is 6.07 Å². The van der Waals surface area contributed by atoms with Gasteiger partial charge in [0.25, 0.3) is 5.56 Å². The molecule has 1 heterocycles. The zero-order valence-electron chi connectivity index (χ0n) is 10.6. The highest BCUT2D eigenvalue weighted by Crippen LogP contribution is 2.11. The van der Waals surface area contributed by atoms with Crippen molar-refractivity contribution in [2.45, 2.75) is 5.75 Å². The summed E-state index contributed by atoms with van der Waals surface area (Å²) in [6, 6.07) is 7.98. The Morgan fingerprint density at radius 3 is 2.67 bits per heavy atom. The number of nitrogens with one attached hydrogen (secondary N) is 2. The van der Waals surface area contributed by atoms with E-state index in [0.29, 0.717) is 5.56 Å². The molecule has 0 bridgehead atoms. The molecule has 3 N–H and O–H groups in total. The van der Waals surface area contributed by atoms with E-state index in [2.05, 4.69) is 14.9 Å². The van der Waals surface area contributed by atoms with Crippen molar-refractivity contribution in [3.8, 4) is 0 Å². The first-order valence-corrected chi connectivity index (χ1v) is 7.39. The van der Waals surface area contributed by atoms with Crippen LogP contribution in [0.5, 0.6) is 0 Å². The fourth-order valence-corrected chi connectivity index (χ4v) is 2.73. The van der Waals surface area contributed by atoms with E-state index in [9.17, 15) is 18.0 Å². The molecule has 21 heavy (non-hydrogen) atoms. The zero-order chi connectivity index (χ0) is 15.5. The summed E-state index contributed by atoms with van der Waals surface area (Å²) >= 11 is 0. The molecule has 1 aromatic heterocycles. The van der Waals surface area contributed by atoms with Crippen LogP contribution in [-0.4, -0.2) is 29.7 Å². The third-order valence-electron chi connectivity index (χ3n) is 2.47. The van der Waals surface area contributed by atoms with Gasteiger partial charge in [0.15, 0.2) is 5.82 Å². The van der Waals surface area contributed by atoms with Crippen molar-refractivity contribution in [2.24, 2.45) is 0 Å². The Morgan fingerprint density at radius 1 is 1.29 bits per heavy atom. The number of carboxylic acid groups (broad SMARTS) is 1. The average Bonchev–Trinajstić information content (AvgIpc) is 2.41. The van der Waals surface area contributed by atoms with Gasteiger partial charge in [-0.05, 0) is 23.8 Å². The minimum atomic E-state index is -3.77. The topological polar surface area (TPSA) is 129 Å². The van der Waals surface area contributed by atoms with Crippen molar-refractivity contribution < 1.29 is 18.3 Å². The molecule has 0 aliphatic carbocycles. The highest BCUT2D eigenvalue weighted by atomic mass is 32.2. The maximum atomic E-state index is 11.9. The SMILES string of the molecule is O=C(O)c1cccc(CS(=O)(=O)Nc2ccc(=O)[nH]n2)c1. The molecule has 1 aromatic carbocycles. The summed E-state index contributed by atoms with van der Waals surface area (Å²) in [7, 11) is -3.77. The first-order chi connectivity index (χ1) is 9.85. The lowest BCUT2D eigenvalue weighted by Crippen LogP contribution is -2.18. The minimum absolute atomic E-state index is 0.00451. The zero-order valence-corrected chi connectivity index (χ0v) is 11.4. The molecule has 0 fully saturated rings. The van der Waals surface area contributed by atoms with E-state index in [4.69, 9.17) is 5.11 Å². The molecular weight excluding hydrogens is 298 g/mol. The van der Waals surface area contributed by atoms with Crippen LogP contribution in [0.1, 0.15) is 15.9 Å². The van der Waals surface area contributed by atoms with Crippen LogP contribution in [-0.2, 0) is 15.8 Å². The first-order valence-electron chi connectivity index (χ1n) is 5.74. The van der Waals surface area contributed by atoms with Gasteiger partial charge in [0.1, 0.15) is 0 Å². The Bertz CT molecular complexity index is 808. The smallest absolute Gasteiger partial charge is 0.335 e. The predicted molar refractivity (Wildman–Crippen MR) is 74.5 cm³/mol. The van der Waals surface area contributed by atoms with Crippen LogP contribution in [0.4, 0.5) is 5.82 Å². The normalized spacial score (nSPS) is 11.0. The molecular formula is C12H11N3O5S. The number of aromatic amines is 1. The largest absolute Gasteiger partial charge is 0.478 e. The Kier molecular flexibility index (Phi) is 4.03. The fraction of sp³-hybridized carbons (Fsp3) is 0.0833. The first kappa shape index (κ1) is 14.7. The summed E-state index contributed by atoms with van der Waals surface area (Å²) in [5.41, 5.74) is -0.121. The van der Waals surface area contributed by atoms with Crippen LogP contribution in [0, 0.1) is 0 Å². The van der Waals surface area contributed by atoms with Crippen molar-refractivity contribution in [2.75, 3.05) is 4.72 Å². The van der Waals surface area contributed by atoms with Crippen LogP contribution in [0.3, 0.4) is 0 Å². The number of rotatable bonds is 5. The van der Waals surface area contributed by atoms with Gasteiger partial charge in [-0.1, -0.05) is 12.1 Å². The lowest BCUT2D eigenvalue weighted by molar-refractivity contribution is 0.0696. The predicted octanol–water partition coefficient (Wildman–Crippen LogP) is 0.410. The van der Waals surface area contributed by atoms with Crippen LogP contribution >= 0.6 is 0 Å². The van der Waals surface area contributed by atoms with E-state index in [1.165, 1.54) is 30.3 Å². The average molecular weight is 309 g/mol. The van der Waals surface area contributed by atoms with Gasteiger partial charge in [-0.15, -0.1) is 0 Å². The monoisotopic (exact) mass is 309 g/mol. The molecule has 8 nitrogen and oxygen atoms in total. The van der Waals surface area contributed by atoms with Crippen LogP contribution in [0.2, 0.25) is 0 Å². The number of nitrogens with zero attached hydrogens (tertiary/aromatic N) is 1. The third kappa shape index (κ3) is 4.14. The second-order valence-electron chi connectivity index (χ2n) is 4.17.